The molecule has 3 heteroatoms. The Kier molecular flexibility index (Phi) is 4.78. The number of nitrogens with one attached hydrogen (secondary N) is 1. The van der Waals surface area contributed by atoms with Crippen molar-refractivity contribution in [1.82, 2.24) is 15.1 Å². The topological polar surface area (TPSA) is 18.5 Å². The number of rotatable bonds is 3. The molecule has 3 aliphatic rings. The van der Waals surface area contributed by atoms with Crippen LogP contribution in [-0.2, 0) is 0 Å². The average molecular weight is 265 g/mol. The fourth-order valence-electron chi connectivity index (χ4n) is 4.11. The standard InChI is InChI=1S/C16H31N3/c1-17-15-6-4-2-3-5-7-16(15)19-12-10-18(11-13-19)14-8-9-14/h14-17H,2-13H2,1H3. The van der Waals surface area contributed by atoms with Crippen molar-refractivity contribution in [2.75, 3.05) is 33.2 Å². The highest BCUT2D eigenvalue weighted by atomic mass is 15.3. The van der Waals surface area contributed by atoms with Crippen LogP contribution in [-0.4, -0.2) is 61.2 Å². The van der Waals surface area contributed by atoms with Gasteiger partial charge in [0, 0.05) is 44.3 Å². The van der Waals surface area contributed by atoms with Crippen molar-refractivity contribution in [2.45, 2.75) is 69.5 Å². The Morgan fingerprint density at radius 1 is 0.737 bits per heavy atom. The van der Waals surface area contributed by atoms with Gasteiger partial charge in [-0.3, -0.25) is 9.80 Å². The Labute approximate surface area is 118 Å². The Morgan fingerprint density at radius 2 is 1.37 bits per heavy atom. The van der Waals surface area contributed by atoms with Crippen LogP contribution in [0.1, 0.15) is 51.4 Å². The molecular weight excluding hydrogens is 234 g/mol. The molecule has 1 heterocycles. The first-order chi connectivity index (χ1) is 9.38. The van der Waals surface area contributed by atoms with Crippen LogP contribution in [0, 0.1) is 0 Å². The Balaban J connectivity index is 1.55. The molecule has 0 amide bonds. The second-order valence-corrected chi connectivity index (χ2v) is 6.76. The summed E-state index contributed by atoms with van der Waals surface area (Å²) in [5.41, 5.74) is 0. The van der Waals surface area contributed by atoms with Crippen molar-refractivity contribution < 1.29 is 0 Å². The first-order valence-electron chi connectivity index (χ1n) is 8.54. The smallest absolute Gasteiger partial charge is 0.0250 e. The molecule has 0 radical (unpaired) electrons. The van der Waals surface area contributed by atoms with Gasteiger partial charge in [-0.2, -0.15) is 0 Å². The van der Waals surface area contributed by atoms with Crippen molar-refractivity contribution in [3.63, 3.8) is 0 Å². The zero-order valence-electron chi connectivity index (χ0n) is 12.6. The lowest BCUT2D eigenvalue weighted by Gasteiger charge is -2.43. The van der Waals surface area contributed by atoms with Gasteiger partial charge in [0.05, 0.1) is 0 Å². The molecule has 1 aliphatic heterocycles. The average Bonchev–Trinajstić information content (AvgIpc) is 3.24. The van der Waals surface area contributed by atoms with Crippen LogP contribution in [0.3, 0.4) is 0 Å². The van der Waals surface area contributed by atoms with Crippen LogP contribution < -0.4 is 5.32 Å². The SMILES string of the molecule is CNC1CCCCCCC1N1CCN(C2CC2)CC1. The number of hydrogen-bond acceptors (Lipinski definition) is 3. The van der Waals surface area contributed by atoms with Crippen LogP contribution in [0.25, 0.3) is 0 Å². The zero-order valence-corrected chi connectivity index (χ0v) is 12.6. The Bertz CT molecular complexity index is 269. The molecule has 0 aromatic heterocycles. The summed E-state index contributed by atoms with van der Waals surface area (Å²) in [4.78, 5) is 5.53. The highest BCUT2D eigenvalue weighted by Gasteiger charge is 2.34. The van der Waals surface area contributed by atoms with Crippen molar-refractivity contribution in [1.29, 1.82) is 0 Å². The van der Waals surface area contributed by atoms with E-state index in [1.54, 1.807) is 0 Å². The summed E-state index contributed by atoms with van der Waals surface area (Å²) in [5.74, 6) is 0. The van der Waals surface area contributed by atoms with Crippen molar-refractivity contribution in [3.05, 3.63) is 0 Å². The lowest BCUT2D eigenvalue weighted by atomic mass is 9.91. The number of hydrogen-bond donors (Lipinski definition) is 1. The summed E-state index contributed by atoms with van der Waals surface area (Å²) in [5, 5.41) is 3.61. The van der Waals surface area contributed by atoms with E-state index in [1.165, 1.54) is 77.5 Å². The predicted octanol–water partition coefficient (Wildman–Crippen LogP) is 2.08. The van der Waals surface area contributed by atoms with E-state index in [0.29, 0.717) is 0 Å². The first-order valence-corrected chi connectivity index (χ1v) is 8.54. The van der Waals surface area contributed by atoms with Gasteiger partial charge in [0.1, 0.15) is 0 Å². The van der Waals surface area contributed by atoms with Gasteiger partial charge in [0.2, 0.25) is 0 Å². The quantitative estimate of drug-likeness (QED) is 0.843. The second-order valence-electron chi connectivity index (χ2n) is 6.76. The molecule has 3 fully saturated rings. The third kappa shape index (κ3) is 3.50. The lowest BCUT2D eigenvalue weighted by Crippen LogP contribution is -2.56. The molecular formula is C16H31N3. The molecule has 2 saturated carbocycles. The van der Waals surface area contributed by atoms with E-state index < -0.39 is 0 Å². The van der Waals surface area contributed by atoms with Crippen LogP contribution in [0.5, 0.6) is 0 Å². The normalized spacial score (nSPS) is 35.8. The second kappa shape index (κ2) is 6.55. The van der Waals surface area contributed by atoms with E-state index in [1.807, 2.05) is 0 Å². The molecule has 2 unspecified atom stereocenters. The maximum absolute atomic E-state index is 3.61. The van der Waals surface area contributed by atoms with Crippen LogP contribution in [0.15, 0.2) is 0 Å². The van der Waals surface area contributed by atoms with Gasteiger partial charge >= 0.3 is 0 Å². The monoisotopic (exact) mass is 265 g/mol. The fourth-order valence-corrected chi connectivity index (χ4v) is 4.11. The molecule has 3 rings (SSSR count). The molecule has 2 atom stereocenters. The molecule has 3 nitrogen and oxygen atoms in total. The summed E-state index contributed by atoms with van der Waals surface area (Å²) in [6, 6.07) is 2.49. The van der Waals surface area contributed by atoms with Gasteiger partial charge in [-0.1, -0.05) is 25.7 Å². The van der Waals surface area contributed by atoms with E-state index in [0.717, 1.165) is 18.1 Å². The minimum Gasteiger partial charge on any atom is -0.315 e. The van der Waals surface area contributed by atoms with Gasteiger partial charge in [0.15, 0.2) is 0 Å². The van der Waals surface area contributed by atoms with Crippen molar-refractivity contribution in [2.24, 2.45) is 0 Å². The molecule has 19 heavy (non-hydrogen) atoms. The molecule has 1 N–H and O–H groups in total. The minimum absolute atomic E-state index is 0.729. The van der Waals surface area contributed by atoms with Crippen molar-refractivity contribution in [3.8, 4) is 0 Å². The summed E-state index contributed by atoms with van der Waals surface area (Å²) >= 11 is 0. The summed E-state index contributed by atoms with van der Waals surface area (Å²) in [6.45, 7) is 5.24. The Hall–Kier alpha value is -0.120. The van der Waals surface area contributed by atoms with E-state index in [4.69, 9.17) is 0 Å². The number of likely N-dealkylation sites (N-methyl/N-ethyl adjacent to an activating group) is 1. The van der Waals surface area contributed by atoms with Crippen molar-refractivity contribution >= 4 is 0 Å². The van der Waals surface area contributed by atoms with E-state index in [2.05, 4.69) is 22.2 Å². The van der Waals surface area contributed by atoms with Crippen LogP contribution in [0.2, 0.25) is 0 Å². The lowest BCUT2D eigenvalue weighted by molar-refractivity contribution is 0.0659. The molecule has 0 bridgehead atoms. The largest absolute Gasteiger partial charge is 0.315 e. The van der Waals surface area contributed by atoms with Gasteiger partial charge in [0.25, 0.3) is 0 Å². The van der Waals surface area contributed by atoms with E-state index in [9.17, 15) is 0 Å². The van der Waals surface area contributed by atoms with Crippen LogP contribution in [0.4, 0.5) is 0 Å². The van der Waals surface area contributed by atoms with Gasteiger partial charge in [-0.05, 0) is 32.7 Å². The third-order valence-electron chi connectivity index (χ3n) is 5.48. The maximum atomic E-state index is 3.61. The predicted molar refractivity (Wildman–Crippen MR) is 80.5 cm³/mol. The first kappa shape index (κ1) is 13.8. The highest BCUT2D eigenvalue weighted by molar-refractivity contribution is 4.92. The highest BCUT2D eigenvalue weighted by Crippen LogP contribution is 2.29. The summed E-state index contributed by atoms with van der Waals surface area (Å²) in [7, 11) is 2.17. The molecule has 110 valence electrons. The molecule has 0 aromatic rings. The zero-order chi connectivity index (χ0) is 13.1. The van der Waals surface area contributed by atoms with Gasteiger partial charge < -0.3 is 5.32 Å². The fraction of sp³-hybridized carbons (Fsp3) is 1.00. The van der Waals surface area contributed by atoms with E-state index >= 15 is 0 Å². The summed E-state index contributed by atoms with van der Waals surface area (Å²) < 4.78 is 0. The van der Waals surface area contributed by atoms with E-state index in [-0.39, 0.29) is 0 Å². The minimum atomic E-state index is 0.729. The summed E-state index contributed by atoms with van der Waals surface area (Å²) in [6.07, 6.45) is 11.5. The number of nitrogens with zero attached hydrogens (tertiary/aromatic N) is 2. The molecule has 0 spiro atoms. The number of piperazine rings is 1. The Morgan fingerprint density at radius 3 is 2.00 bits per heavy atom. The molecule has 1 saturated heterocycles. The maximum Gasteiger partial charge on any atom is 0.0250 e. The van der Waals surface area contributed by atoms with Gasteiger partial charge in [-0.15, -0.1) is 0 Å². The molecule has 0 aromatic carbocycles. The third-order valence-corrected chi connectivity index (χ3v) is 5.48. The van der Waals surface area contributed by atoms with Gasteiger partial charge in [-0.25, -0.2) is 0 Å². The molecule has 2 aliphatic carbocycles. The van der Waals surface area contributed by atoms with Crippen LogP contribution >= 0.6 is 0 Å².